The molecule has 0 aliphatic carbocycles. The van der Waals surface area contributed by atoms with E-state index in [1.165, 1.54) is 12.1 Å². The maximum Gasteiger partial charge on any atom is 0.228 e. The van der Waals surface area contributed by atoms with Crippen LogP contribution in [0, 0.1) is 5.82 Å². The molecule has 0 spiro atoms. The minimum atomic E-state index is -0.259. The molecule has 1 aliphatic rings. The highest BCUT2D eigenvalue weighted by atomic mass is 19.1. The van der Waals surface area contributed by atoms with Crippen molar-refractivity contribution in [3.8, 4) is 11.1 Å². The van der Waals surface area contributed by atoms with Gasteiger partial charge in [0.25, 0.3) is 0 Å². The summed E-state index contributed by atoms with van der Waals surface area (Å²) in [6.45, 7) is 3.32. The second-order valence-electron chi connectivity index (χ2n) is 8.49. The molecule has 4 rings (SSSR count). The molecule has 170 valence electrons. The third kappa shape index (κ3) is 5.58. The standard InChI is InChI=1S/C27H28FN3O2/c1-19(32)30(2)26-15-16-31(18-26)25-13-11-24(12-14-25)29-27(33)17-20-3-5-21(6-4-20)22-7-9-23(28)10-8-22/h3-14,26H,15-18H2,1-2H3,(H,29,33). The van der Waals surface area contributed by atoms with E-state index >= 15 is 0 Å². The van der Waals surface area contributed by atoms with Gasteiger partial charge in [0.1, 0.15) is 5.82 Å². The average molecular weight is 446 g/mol. The van der Waals surface area contributed by atoms with E-state index in [1.54, 1.807) is 24.0 Å². The normalized spacial score (nSPS) is 15.4. The zero-order chi connectivity index (χ0) is 23.4. The maximum atomic E-state index is 13.1. The van der Waals surface area contributed by atoms with Gasteiger partial charge >= 0.3 is 0 Å². The van der Waals surface area contributed by atoms with E-state index in [2.05, 4.69) is 10.2 Å². The van der Waals surface area contributed by atoms with E-state index < -0.39 is 0 Å². The van der Waals surface area contributed by atoms with Crippen molar-refractivity contribution in [2.24, 2.45) is 0 Å². The number of carbonyl (C=O) groups excluding carboxylic acids is 2. The molecule has 2 amide bonds. The Bertz CT molecular complexity index is 1110. The van der Waals surface area contributed by atoms with Gasteiger partial charge in [0.2, 0.25) is 11.8 Å². The molecule has 0 aromatic heterocycles. The summed E-state index contributed by atoms with van der Waals surface area (Å²) >= 11 is 0. The number of hydrogen-bond donors (Lipinski definition) is 1. The van der Waals surface area contributed by atoms with Gasteiger partial charge in [-0.3, -0.25) is 9.59 Å². The van der Waals surface area contributed by atoms with Crippen LogP contribution < -0.4 is 10.2 Å². The van der Waals surface area contributed by atoms with Crippen LogP contribution in [0.25, 0.3) is 11.1 Å². The number of carbonyl (C=O) groups is 2. The summed E-state index contributed by atoms with van der Waals surface area (Å²) < 4.78 is 13.1. The van der Waals surface area contributed by atoms with Crippen LogP contribution in [-0.4, -0.2) is 42.9 Å². The highest BCUT2D eigenvalue weighted by Crippen LogP contribution is 2.25. The Morgan fingerprint density at radius 1 is 0.970 bits per heavy atom. The number of nitrogens with zero attached hydrogens (tertiary/aromatic N) is 2. The number of halogens is 1. The molecule has 1 aliphatic heterocycles. The Morgan fingerprint density at radius 3 is 2.18 bits per heavy atom. The van der Waals surface area contributed by atoms with E-state index in [0.717, 1.165) is 47.6 Å². The van der Waals surface area contributed by atoms with Crippen LogP contribution in [0.1, 0.15) is 18.9 Å². The first kappa shape index (κ1) is 22.5. The summed E-state index contributed by atoms with van der Waals surface area (Å²) in [6, 6.07) is 22.1. The second-order valence-corrected chi connectivity index (χ2v) is 8.49. The fourth-order valence-corrected chi connectivity index (χ4v) is 4.15. The van der Waals surface area contributed by atoms with Crippen LogP contribution in [0.2, 0.25) is 0 Å². The topological polar surface area (TPSA) is 52.7 Å². The fourth-order valence-electron chi connectivity index (χ4n) is 4.15. The van der Waals surface area contributed by atoms with Crippen molar-refractivity contribution in [1.29, 1.82) is 0 Å². The van der Waals surface area contributed by atoms with E-state index in [9.17, 15) is 14.0 Å². The van der Waals surface area contributed by atoms with Crippen molar-refractivity contribution >= 4 is 23.2 Å². The Morgan fingerprint density at radius 2 is 1.58 bits per heavy atom. The van der Waals surface area contributed by atoms with Crippen molar-refractivity contribution in [1.82, 2.24) is 4.90 Å². The van der Waals surface area contributed by atoms with Crippen molar-refractivity contribution in [3.63, 3.8) is 0 Å². The molecule has 6 heteroatoms. The zero-order valence-electron chi connectivity index (χ0n) is 18.9. The zero-order valence-corrected chi connectivity index (χ0v) is 18.9. The molecule has 1 atom stereocenters. The SMILES string of the molecule is CC(=O)N(C)C1CCN(c2ccc(NC(=O)Cc3ccc(-c4ccc(F)cc4)cc3)cc2)C1. The number of anilines is 2. The Labute approximate surface area is 193 Å². The minimum Gasteiger partial charge on any atom is -0.369 e. The summed E-state index contributed by atoms with van der Waals surface area (Å²) in [7, 11) is 1.85. The first-order valence-corrected chi connectivity index (χ1v) is 11.1. The molecule has 1 heterocycles. The number of hydrogen-bond acceptors (Lipinski definition) is 3. The second kappa shape index (κ2) is 9.86. The summed E-state index contributed by atoms with van der Waals surface area (Å²) in [5.41, 5.74) is 4.66. The smallest absolute Gasteiger partial charge is 0.228 e. The summed E-state index contributed by atoms with van der Waals surface area (Å²) in [5.74, 6) is -0.253. The highest BCUT2D eigenvalue weighted by Gasteiger charge is 2.27. The monoisotopic (exact) mass is 445 g/mol. The Hall–Kier alpha value is -3.67. The molecular weight excluding hydrogens is 417 g/mol. The number of nitrogens with one attached hydrogen (secondary N) is 1. The first-order valence-electron chi connectivity index (χ1n) is 11.1. The molecule has 1 N–H and O–H groups in total. The predicted octanol–water partition coefficient (Wildman–Crippen LogP) is 4.73. The minimum absolute atomic E-state index is 0.0819. The van der Waals surface area contributed by atoms with Gasteiger partial charge < -0.3 is 15.1 Å². The first-order chi connectivity index (χ1) is 15.9. The van der Waals surface area contributed by atoms with E-state index in [1.807, 2.05) is 55.6 Å². The van der Waals surface area contributed by atoms with Crippen LogP contribution in [0.15, 0.2) is 72.8 Å². The molecular formula is C27H28FN3O2. The average Bonchev–Trinajstić information content (AvgIpc) is 3.30. The summed E-state index contributed by atoms with van der Waals surface area (Å²) in [6.07, 6.45) is 1.23. The molecule has 3 aromatic rings. The van der Waals surface area contributed by atoms with Crippen molar-refractivity contribution in [2.45, 2.75) is 25.8 Å². The van der Waals surface area contributed by atoms with Gasteiger partial charge in [-0.1, -0.05) is 36.4 Å². The lowest BCUT2D eigenvalue weighted by Gasteiger charge is -2.24. The van der Waals surface area contributed by atoms with Crippen molar-refractivity contribution in [2.75, 3.05) is 30.4 Å². The molecule has 3 aromatic carbocycles. The number of benzene rings is 3. The van der Waals surface area contributed by atoms with Crippen LogP contribution in [0.3, 0.4) is 0 Å². The lowest BCUT2D eigenvalue weighted by molar-refractivity contribution is -0.129. The van der Waals surface area contributed by atoms with Gasteiger partial charge in [-0.15, -0.1) is 0 Å². The van der Waals surface area contributed by atoms with Gasteiger partial charge in [0.05, 0.1) is 12.5 Å². The molecule has 0 radical (unpaired) electrons. The van der Waals surface area contributed by atoms with E-state index in [4.69, 9.17) is 0 Å². The molecule has 0 bridgehead atoms. The summed E-state index contributed by atoms with van der Waals surface area (Å²) in [5, 5.41) is 2.95. The Kier molecular flexibility index (Phi) is 6.73. The lowest BCUT2D eigenvalue weighted by Crippen LogP contribution is -2.37. The molecule has 5 nitrogen and oxygen atoms in total. The van der Waals surface area contributed by atoms with E-state index in [-0.39, 0.29) is 30.1 Å². The molecule has 1 saturated heterocycles. The third-order valence-electron chi connectivity index (χ3n) is 6.22. The third-order valence-corrected chi connectivity index (χ3v) is 6.22. The lowest BCUT2D eigenvalue weighted by atomic mass is 10.0. The number of likely N-dealkylation sites (N-methyl/N-ethyl adjacent to an activating group) is 1. The van der Waals surface area contributed by atoms with Gasteiger partial charge in [-0.05, 0) is 59.5 Å². The van der Waals surface area contributed by atoms with Crippen LogP contribution in [0.4, 0.5) is 15.8 Å². The van der Waals surface area contributed by atoms with Gasteiger partial charge in [-0.25, -0.2) is 4.39 Å². The van der Waals surface area contributed by atoms with Crippen LogP contribution in [-0.2, 0) is 16.0 Å². The van der Waals surface area contributed by atoms with Gasteiger partial charge in [0.15, 0.2) is 0 Å². The Balaban J connectivity index is 1.31. The fraction of sp³-hybridized carbons (Fsp3) is 0.259. The summed E-state index contributed by atoms with van der Waals surface area (Å²) in [4.78, 5) is 28.2. The molecule has 1 unspecified atom stereocenters. The van der Waals surface area contributed by atoms with Crippen LogP contribution >= 0.6 is 0 Å². The predicted molar refractivity (Wildman–Crippen MR) is 130 cm³/mol. The highest BCUT2D eigenvalue weighted by molar-refractivity contribution is 5.92. The number of amides is 2. The molecule has 1 fully saturated rings. The van der Waals surface area contributed by atoms with Crippen molar-refractivity contribution in [3.05, 3.63) is 84.2 Å². The van der Waals surface area contributed by atoms with Crippen LogP contribution in [0.5, 0.6) is 0 Å². The van der Waals surface area contributed by atoms with E-state index in [0.29, 0.717) is 0 Å². The van der Waals surface area contributed by atoms with Gasteiger partial charge in [0, 0.05) is 38.4 Å². The maximum absolute atomic E-state index is 13.1. The van der Waals surface area contributed by atoms with Gasteiger partial charge in [-0.2, -0.15) is 0 Å². The van der Waals surface area contributed by atoms with Crippen molar-refractivity contribution < 1.29 is 14.0 Å². The number of rotatable bonds is 6. The molecule has 33 heavy (non-hydrogen) atoms. The quantitative estimate of drug-likeness (QED) is 0.597. The molecule has 0 saturated carbocycles. The largest absolute Gasteiger partial charge is 0.369 e.